The smallest absolute Gasteiger partial charge is 0.0973 e. The van der Waals surface area contributed by atoms with Crippen molar-refractivity contribution in [1.29, 1.82) is 0 Å². The quantitative estimate of drug-likeness (QED) is 0.161. The van der Waals surface area contributed by atoms with Crippen LogP contribution in [0.3, 0.4) is 0 Å². The Hall–Kier alpha value is -11.8. The van der Waals surface area contributed by atoms with Crippen LogP contribution in [0.5, 0.6) is 0 Å². The maximum absolute atomic E-state index is 5.28. The van der Waals surface area contributed by atoms with Gasteiger partial charge in [0.25, 0.3) is 0 Å². The maximum atomic E-state index is 5.28. The molecule has 0 spiro atoms. The molecule has 0 N–H and O–H groups in total. The van der Waals surface area contributed by atoms with E-state index < -0.39 is 0 Å². The second-order valence-corrected chi connectivity index (χ2v) is 28.4. The standard InChI is InChI=1S/C47H30N2S.C44H26N2S/c1-47(2)37-11-5-3-10-36(37)44-35-22-17-27-15-16-28-25-29(18-20-31(28)43(27)34(35)23-24-38(44)47)45-46(49-40-13-7-6-12-39(40)48-45)30-19-21-33-32-9-4-8-14-41(32)50-42(33)26-30;1-2-8-27(9-3-1)28-14-17-30(18-15-28)42-43(46-39-12-6-5-11-38(39)45-42)32-21-22-33-31(26-32)19-16-29-20-23-37-35(41(29)33)24-25-36-34-10-4-7-13-40(34)47-44(36)37/h3-26H,1-2H3;1-26H. The summed E-state index contributed by atoms with van der Waals surface area (Å²) < 4.78 is 5.25. The molecule has 0 fully saturated rings. The minimum absolute atomic E-state index is 0.0250. The van der Waals surface area contributed by atoms with Gasteiger partial charge in [0.15, 0.2) is 0 Å². The molecule has 0 bridgehead atoms. The molecule has 21 rings (SSSR count). The minimum Gasteiger partial charge on any atom is -0.244 e. The third-order valence-corrected chi connectivity index (χ3v) is 22.8. The lowest BCUT2D eigenvalue weighted by molar-refractivity contribution is 0.661. The van der Waals surface area contributed by atoms with E-state index in [0.29, 0.717) is 0 Å². The average Bonchev–Trinajstić information content (AvgIpc) is 1.65. The van der Waals surface area contributed by atoms with Gasteiger partial charge in [-0.25, -0.2) is 19.9 Å². The van der Waals surface area contributed by atoms with E-state index in [1.54, 1.807) is 0 Å². The number of aromatic nitrogens is 4. The van der Waals surface area contributed by atoms with E-state index in [4.69, 9.17) is 19.9 Å². The molecule has 4 aromatic heterocycles. The molecule has 0 saturated carbocycles. The molecule has 0 unspecified atom stereocenters. The van der Waals surface area contributed by atoms with Crippen molar-refractivity contribution in [3.05, 3.63) is 314 Å². The van der Waals surface area contributed by atoms with Crippen molar-refractivity contribution in [2.24, 2.45) is 0 Å². The molecule has 4 nitrogen and oxygen atoms in total. The number of rotatable bonds is 5. The van der Waals surface area contributed by atoms with Crippen LogP contribution in [0.4, 0.5) is 0 Å². The Kier molecular flexibility index (Phi) is 12.4. The molecule has 0 amide bonds. The molecule has 1 aliphatic carbocycles. The first-order valence-electron chi connectivity index (χ1n) is 33.2. The number of para-hydroxylation sites is 4. The van der Waals surface area contributed by atoms with Gasteiger partial charge >= 0.3 is 0 Å². The Morgan fingerprint density at radius 3 is 1.27 bits per heavy atom. The zero-order valence-corrected chi connectivity index (χ0v) is 54.6. The molecule has 0 atom stereocenters. The van der Waals surface area contributed by atoms with E-state index in [2.05, 4.69) is 275 Å². The molecule has 0 aliphatic heterocycles. The van der Waals surface area contributed by atoms with Crippen LogP contribution in [0.2, 0.25) is 0 Å². The predicted molar refractivity (Wildman–Crippen MR) is 415 cm³/mol. The predicted octanol–water partition coefficient (Wildman–Crippen LogP) is 25.6. The Balaban J connectivity index is 0.000000132. The second-order valence-electron chi connectivity index (χ2n) is 26.3. The van der Waals surface area contributed by atoms with Gasteiger partial charge in [0, 0.05) is 73.4 Å². The van der Waals surface area contributed by atoms with Gasteiger partial charge < -0.3 is 0 Å². The third kappa shape index (κ3) is 8.80. The van der Waals surface area contributed by atoms with Crippen molar-refractivity contribution in [3.8, 4) is 67.3 Å². The summed E-state index contributed by atoms with van der Waals surface area (Å²) in [6.45, 7) is 4.71. The van der Waals surface area contributed by atoms with Gasteiger partial charge in [-0.15, -0.1) is 22.7 Å². The summed E-state index contributed by atoms with van der Waals surface area (Å²) in [4.78, 5) is 20.9. The highest BCUT2D eigenvalue weighted by Gasteiger charge is 2.36. The highest BCUT2D eigenvalue weighted by Crippen LogP contribution is 2.53. The molecular formula is C91H56N4S2. The first-order chi connectivity index (χ1) is 47.8. The second kappa shape index (κ2) is 21.6. The fraction of sp³-hybridized carbons (Fsp3) is 0.0330. The van der Waals surface area contributed by atoms with E-state index in [1.807, 2.05) is 65.1 Å². The van der Waals surface area contributed by atoms with Crippen LogP contribution >= 0.6 is 22.7 Å². The molecule has 20 aromatic rings. The van der Waals surface area contributed by atoms with Gasteiger partial charge in [0.05, 0.1) is 44.8 Å². The summed E-state index contributed by atoms with van der Waals surface area (Å²) in [5, 5.41) is 20.5. The number of nitrogens with zero attached hydrogens (tertiary/aromatic N) is 4. The molecule has 97 heavy (non-hydrogen) atoms. The number of fused-ring (bicyclic) bond motifs is 23. The van der Waals surface area contributed by atoms with E-state index >= 15 is 0 Å². The van der Waals surface area contributed by atoms with Crippen LogP contribution in [-0.2, 0) is 5.41 Å². The summed E-state index contributed by atoms with van der Waals surface area (Å²) in [6, 6.07) is 110. The first-order valence-corrected chi connectivity index (χ1v) is 34.8. The van der Waals surface area contributed by atoms with Crippen LogP contribution in [0.15, 0.2) is 303 Å². The van der Waals surface area contributed by atoms with Gasteiger partial charge in [0.2, 0.25) is 0 Å². The molecule has 16 aromatic carbocycles. The van der Waals surface area contributed by atoms with Crippen molar-refractivity contribution >= 4 is 150 Å². The molecular weight excluding hydrogens is 1210 g/mol. The van der Waals surface area contributed by atoms with Crippen molar-refractivity contribution in [1.82, 2.24) is 19.9 Å². The van der Waals surface area contributed by atoms with E-state index in [0.717, 1.165) is 67.1 Å². The number of hydrogen-bond acceptors (Lipinski definition) is 6. The minimum atomic E-state index is -0.0250. The Morgan fingerprint density at radius 2 is 0.639 bits per heavy atom. The lowest BCUT2D eigenvalue weighted by Crippen LogP contribution is -2.14. The Morgan fingerprint density at radius 1 is 0.247 bits per heavy atom. The Labute approximate surface area is 566 Å². The lowest BCUT2D eigenvalue weighted by Gasteiger charge is -2.21. The van der Waals surface area contributed by atoms with E-state index in [9.17, 15) is 0 Å². The summed E-state index contributed by atoms with van der Waals surface area (Å²) in [7, 11) is 0. The molecule has 1 aliphatic rings. The zero-order chi connectivity index (χ0) is 64.0. The highest BCUT2D eigenvalue weighted by atomic mass is 32.1. The Bertz CT molecular complexity index is 6720. The number of hydrogen-bond donors (Lipinski definition) is 0. The summed E-state index contributed by atoms with van der Waals surface area (Å²) in [5.74, 6) is 0. The van der Waals surface area contributed by atoms with E-state index in [1.165, 1.54) is 138 Å². The van der Waals surface area contributed by atoms with Crippen molar-refractivity contribution in [3.63, 3.8) is 0 Å². The monoisotopic (exact) mass is 1270 g/mol. The molecule has 4 heterocycles. The molecule has 0 saturated heterocycles. The lowest BCUT2D eigenvalue weighted by atomic mass is 9.82. The normalized spacial score (nSPS) is 12.7. The third-order valence-electron chi connectivity index (χ3n) is 20.5. The zero-order valence-electron chi connectivity index (χ0n) is 53.0. The number of thiophene rings is 2. The fourth-order valence-corrected chi connectivity index (χ4v) is 18.1. The van der Waals surface area contributed by atoms with Crippen LogP contribution < -0.4 is 0 Å². The van der Waals surface area contributed by atoms with Crippen molar-refractivity contribution in [2.75, 3.05) is 0 Å². The topological polar surface area (TPSA) is 51.6 Å². The SMILES string of the molecule is CC1(C)c2ccccc2-c2c1ccc1c2ccc2ccc3cc(-c4nc5ccccc5nc4-c4ccc5c(c4)sc4ccccc45)ccc3c21.c1ccc(-c2ccc(-c3nc4ccccc4nc3-c3ccc4c(ccc5ccc6c(ccc7c8ccccc8sc76)c54)c3)cc2)cc1. The van der Waals surface area contributed by atoms with E-state index in [-0.39, 0.29) is 5.41 Å². The summed E-state index contributed by atoms with van der Waals surface area (Å²) in [6.07, 6.45) is 0. The van der Waals surface area contributed by atoms with Gasteiger partial charge in [-0.2, -0.15) is 0 Å². The van der Waals surface area contributed by atoms with Crippen LogP contribution in [0, 0.1) is 0 Å². The highest BCUT2D eigenvalue weighted by molar-refractivity contribution is 7.27. The fourth-order valence-electron chi connectivity index (χ4n) is 15.7. The van der Waals surface area contributed by atoms with Crippen molar-refractivity contribution < 1.29 is 0 Å². The molecule has 452 valence electrons. The van der Waals surface area contributed by atoms with Crippen LogP contribution in [0.1, 0.15) is 25.0 Å². The molecule has 6 heteroatoms. The van der Waals surface area contributed by atoms with Gasteiger partial charge in [-0.1, -0.05) is 263 Å². The molecule has 0 radical (unpaired) electrons. The van der Waals surface area contributed by atoms with Gasteiger partial charge in [0.1, 0.15) is 0 Å². The van der Waals surface area contributed by atoms with Gasteiger partial charge in [-0.05, 0) is 147 Å². The first kappa shape index (κ1) is 55.6. The van der Waals surface area contributed by atoms with Crippen LogP contribution in [-0.4, -0.2) is 19.9 Å². The maximum Gasteiger partial charge on any atom is 0.0973 e. The summed E-state index contributed by atoms with van der Waals surface area (Å²) in [5.41, 5.74) is 19.3. The van der Waals surface area contributed by atoms with Crippen LogP contribution in [0.25, 0.3) is 194 Å². The largest absolute Gasteiger partial charge is 0.244 e. The number of benzene rings is 16. The summed E-state index contributed by atoms with van der Waals surface area (Å²) >= 11 is 3.72. The van der Waals surface area contributed by atoms with Gasteiger partial charge in [-0.3, -0.25) is 0 Å². The average molecular weight is 1270 g/mol. The van der Waals surface area contributed by atoms with Crippen molar-refractivity contribution in [2.45, 2.75) is 19.3 Å².